The molecule has 35 heavy (non-hydrogen) atoms. The zero-order chi connectivity index (χ0) is 25.5. The van der Waals surface area contributed by atoms with Crippen LogP contribution in [0.1, 0.15) is 32.3 Å². The Hall–Kier alpha value is -2.85. The highest BCUT2D eigenvalue weighted by atomic mass is 32.2. The molecule has 2 aliphatic heterocycles. The number of ether oxygens (including phenoxy) is 1. The van der Waals surface area contributed by atoms with Crippen molar-refractivity contribution in [3.63, 3.8) is 0 Å². The molecule has 2 heterocycles. The summed E-state index contributed by atoms with van der Waals surface area (Å²) in [7, 11) is -3.62. The highest BCUT2D eigenvalue weighted by Crippen LogP contribution is 2.45. The number of hydrogen-bond donors (Lipinski definition) is 1. The fourth-order valence-corrected chi connectivity index (χ4v) is 6.09. The van der Waals surface area contributed by atoms with Gasteiger partial charge in [-0.1, -0.05) is 30.3 Å². The average molecular weight is 507 g/mol. The molecule has 0 spiro atoms. The number of carbonyl (C=O) groups excluding carboxylic acids is 2. The van der Waals surface area contributed by atoms with Crippen LogP contribution in [0.25, 0.3) is 11.1 Å². The van der Waals surface area contributed by atoms with Crippen molar-refractivity contribution in [2.24, 2.45) is 5.92 Å². The van der Waals surface area contributed by atoms with Gasteiger partial charge in [-0.2, -0.15) is 0 Å². The second-order valence-electron chi connectivity index (χ2n) is 9.36. The number of amides is 1. The third-order valence-corrected chi connectivity index (χ3v) is 7.46. The van der Waals surface area contributed by atoms with E-state index in [9.17, 15) is 22.4 Å². The molecule has 2 aromatic carbocycles. The van der Waals surface area contributed by atoms with Gasteiger partial charge in [-0.05, 0) is 55.4 Å². The molecule has 3 atom stereocenters. The molecule has 5 rings (SSSR count). The Morgan fingerprint density at radius 2 is 1.86 bits per heavy atom. The smallest absolute Gasteiger partial charge is 0.303 e. The molecule has 1 aliphatic carbocycles. The summed E-state index contributed by atoms with van der Waals surface area (Å²) in [6, 6.07) is 8.91. The van der Waals surface area contributed by atoms with Gasteiger partial charge in [0.05, 0.1) is 12.3 Å². The van der Waals surface area contributed by atoms with E-state index in [1.54, 1.807) is 29.2 Å². The molecule has 2 bridgehead atoms. The number of esters is 1. The van der Waals surface area contributed by atoms with Crippen LogP contribution in [0.15, 0.2) is 42.5 Å². The van der Waals surface area contributed by atoms with Crippen LogP contribution in [0.2, 0.25) is 0 Å². The van der Waals surface area contributed by atoms with Gasteiger partial charge in [0.1, 0.15) is 11.6 Å². The number of benzene rings is 2. The van der Waals surface area contributed by atoms with E-state index in [-0.39, 0.29) is 29.5 Å². The van der Waals surface area contributed by atoms with Crippen LogP contribution >= 0.6 is 0 Å². The minimum absolute atomic E-state index is 0.00210. The molecule has 1 amide bonds. The summed E-state index contributed by atoms with van der Waals surface area (Å²) in [6.45, 7) is 2.67. The molecule has 0 radical (unpaired) electrons. The number of nitrogens with one attached hydrogen (secondary N) is 1. The largest absolute Gasteiger partial charge is 0.453 e. The van der Waals surface area contributed by atoms with E-state index in [0.29, 0.717) is 18.4 Å². The first-order chi connectivity index (χ1) is 16.4. The normalized spacial score (nSPS) is 24.4. The summed E-state index contributed by atoms with van der Waals surface area (Å²) in [6.07, 6.45) is 1.23. The quantitative estimate of drug-likeness (QED) is 0.583. The standard InChI is InChI=1S/C25H28F2N2O5S/c1-14(34-15(2)30)25(31)29-20-11-18(12-20)24(28-35(3,32)33)22(29)13-17-7-5-9-21(23(17)27)16-6-4-8-19(26)10-16/h4-10,14,18,20,22,24,28H,11-13H2,1-3H3/t14-,18?,20?,22+,24+/m1/s1. The van der Waals surface area contributed by atoms with Gasteiger partial charge < -0.3 is 9.64 Å². The summed E-state index contributed by atoms with van der Waals surface area (Å²) < 4.78 is 61.5. The lowest BCUT2D eigenvalue weighted by molar-refractivity contribution is -0.168. The maximum Gasteiger partial charge on any atom is 0.303 e. The Morgan fingerprint density at radius 1 is 1.17 bits per heavy atom. The first-order valence-corrected chi connectivity index (χ1v) is 13.3. The van der Waals surface area contributed by atoms with E-state index in [2.05, 4.69) is 4.72 Å². The number of nitrogens with zero attached hydrogens (tertiary/aromatic N) is 1. The van der Waals surface area contributed by atoms with Crippen molar-refractivity contribution in [2.75, 3.05) is 6.26 Å². The third-order valence-electron chi connectivity index (χ3n) is 6.76. The zero-order valence-corrected chi connectivity index (χ0v) is 20.5. The van der Waals surface area contributed by atoms with Crippen LogP contribution in [0, 0.1) is 17.6 Å². The van der Waals surface area contributed by atoms with Crippen LogP contribution in [0.5, 0.6) is 0 Å². The Kier molecular flexibility index (Phi) is 6.97. The molecule has 1 saturated carbocycles. The monoisotopic (exact) mass is 506 g/mol. The highest BCUT2D eigenvalue weighted by molar-refractivity contribution is 7.88. The summed E-state index contributed by atoms with van der Waals surface area (Å²) in [5, 5.41) is 0. The van der Waals surface area contributed by atoms with E-state index in [4.69, 9.17) is 4.74 Å². The predicted octanol–water partition coefficient (Wildman–Crippen LogP) is 3.03. The maximum absolute atomic E-state index is 15.6. The lowest BCUT2D eigenvalue weighted by atomic mass is 9.66. The van der Waals surface area contributed by atoms with Gasteiger partial charge in [-0.3, -0.25) is 9.59 Å². The summed E-state index contributed by atoms with van der Waals surface area (Å²) in [4.78, 5) is 26.3. The third kappa shape index (κ3) is 5.38. The van der Waals surface area contributed by atoms with Gasteiger partial charge in [-0.25, -0.2) is 21.9 Å². The van der Waals surface area contributed by atoms with Crippen LogP contribution in [0.4, 0.5) is 8.78 Å². The minimum Gasteiger partial charge on any atom is -0.453 e. The SMILES string of the molecule is CC(=O)O[C@H](C)C(=O)N1C2CC(C2)[C@H](NS(C)(=O)=O)[C@@H]1Cc1cccc(-c2cccc(F)c2)c1F. The fraction of sp³-hybridized carbons (Fsp3) is 0.440. The lowest BCUT2D eigenvalue weighted by Gasteiger charge is -2.58. The van der Waals surface area contributed by atoms with Gasteiger partial charge >= 0.3 is 5.97 Å². The second kappa shape index (κ2) is 9.66. The Bertz CT molecular complexity index is 1250. The van der Waals surface area contributed by atoms with Crippen LogP contribution in [0.3, 0.4) is 0 Å². The molecule has 0 unspecified atom stereocenters. The Labute approximate surface area is 203 Å². The number of halogens is 2. The molecule has 3 fully saturated rings. The summed E-state index contributed by atoms with van der Waals surface area (Å²) in [5.74, 6) is -2.10. The van der Waals surface area contributed by atoms with E-state index in [1.807, 2.05) is 0 Å². The average Bonchev–Trinajstić information content (AvgIpc) is 2.73. The first kappa shape index (κ1) is 25.2. The van der Waals surface area contributed by atoms with Crippen molar-refractivity contribution < 1.29 is 31.5 Å². The molecule has 2 saturated heterocycles. The molecule has 2 aromatic rings. The predicted molar refractivity (Wildman–Crippen MR) is 126 cm³/mol. The molecule has 1 N–H and O–H groups in total. The van der Waals surface area contributed by atoms with Crippen molar-refractivity contribution in [3.8, 4) is 11.1 Å². The van der Waals surface area contributed by atoms with E-state index in [1.165, 1.54) is 32.0 Å². The zero-order valence-electron chi connectivity index (χ0n) is 19.7. The molecular weight excluding hydrogens is 478 g/mol. The van der Waals surface area contributed by atoms with Crippen LogP contribution in [-0.4, -0.2) is 55.7 Å². The highest BCUT2D eigenvalue weighted by Gasteiger charge is 2.54. The van der Waals surface area contributed by atoms with Crippen LogP contribution < -0.4 is 4.72 Å². The molecule has 7 nitrogen and oxygen atoms in total. The van der Waals surface area contributed by atoms with Gasteiger partial charge in [-0.15, -0.1) is 0 Å². The topological polar surface area (TPSA) is 92.8 Å². The van der Waals surface area contributed by atoms with Crippen molar-refractivity contribution >= 4 is 21.9 Å². The lowest BCUT2D eigenvalue weighted by Crippen LogP contribution is -2.71. The minimum atomic E-state index is -3.62. The van der Waals surface area contributed by atoms with Crippen molar-refractivity contribution in [1.82, 2.24) is 9.62 Å². The van der Waals surface area contributed by atoms with E-state index < -0.39 is 51.7 Å². The van der Waals surface area contributed by atoms with Gasteiger partial charge in [0.15, 0.2) is 6.10 Å². The number of rotatable bonds is 7. The van der Waals surface area contributed by atoms with E-state index >= 15 is 4.39 Å². The number of sulfonamides is 1. The van der Waals surface area contributed by atoms with Gasteiger partial charge in [0.2, 0.25) is 10.0 Å². The number of piperidine rings is 2. The molecule has 188 valence electrons. The van der Waals surface area contributed by atoms with Crippen molar-refractivity contribution in [1.29, 1.82) is 0 Å². The maximum atomic E-state index is 15.6. The summed E-state index contributed by atoms with van der Waals surface area (Å²) in [5.41, 5.74) is 0.858. The summed E-state index contributed by atoms with van der Waals surface area (Å²) >= 11 is 0. The number of fused-ring (bicyclic) bond motifs is 2. The van der Waals surface area contributed by atoms with Crippen LogP contribution in [-0.2, 0) is 30.8 Å². The van der Waals surface area contributed by atoms with Crippen molar-refractivity contribution in [3.05, 3.63) is 59.7 Å². The number of carbonyl (C=O) groups is 2. The molecule has 0 aromatic heterocycles. The first-order valence-electron chi connectivity index (χ1n) is 11.4. The number of hydrogen-bond acceptors (Lipinski definition) is 5. The molecule has 3 aliphatic rings. The van der Waals surface area contributed by atoms with Crippen molar-refractivity contribution in [2.45, 2.75) is 57.3 Å². The molecule has 10 heteroatoms. The van der Waals surface area contributed by atoms with E-state index in [0.717, 1.165) is 6.26 Å². The fourth-order valence-electron chi connectivity index (χ4n) is 5.25. The Morgan fingerprint density at radius 3 is 2.49 bits per heavy atom. The second-order valence-corrected chi connectivity index (χ2v) is 11.1. The van der Waals surface area contributed by atoms with Gasteiger partial charge in [0.25, 0.3) is 5.91 Å². The Balaban J connectivity index is 1.71. The van der Waals surface area contributed by atoms with Gasteiger partial charge in [0, 0.05) is 24.6 Å². The molecular formula is C25H28F2N2O5S.